The lowest BCUT2D eigenvalue weighted by Gasteiger charge is -2.26. The molecule has 1 fully saturated rings. The van der Waals surface area contributed by atoms with Gasteiger partial charge in [0, 0.05) is 6.04 Å². The molecule has 1 N–H and O–H groups in total. The number of hydrogen-bond acceptors (Lipinski definition) is 4. The molecule has 0 amide bonds. The van der Waals surface area contributed by atoms with Crippen LogP contribution in [0.4, 0.5) is 0 Å². The van der Waals surface area contributed by atoms with E-state index in [0.717, 1.165) is 12.5 Å². The molecule has 1 saturated carbocycles. The predicted octanol–water partition coefficient (Wildman–Crippen LogP) is 3.55. The van der Waals surface area contributed by atoms with Gasteiger partial charge in [-0.1, -0.05) is 43.5 Å². The third-order valence-electron chi connectivity index (χ3n) is 3.66. The van der Waals surface area contributed by atoms with Crippen molar-refractivity contribution in [2.45, 2.75) is 57.9 Å². The Labute approximate surface area is 108 Å². The molecular weight excluding hydrogens is 230 g/mol. The van der Waals surface area contributed by atoms with Crippen LogP contribution >= 0.6 is 11.5 Å². The van der Waals surface area contributed by atoms with E-state index in [1.165, 1.54) is 49.8 Å². The average molecular weight is 253 g/mol. The molecule has 4 heteroatoms. The molecule has 0 radical (unpaired) electrons. The van der Waals surface area contributed by atoms with Crippen LogP contribution in [0.5, 0.6) is 0 Å². The summed E-state index contributed by atoms with van der Waals surface area (Å²) in [6.07, 6.45) is 11.5. The highest BCUT2D eigenvalue weighted by Gasteiger charge is 2.21. The summed E-state index contributed by atoms with van der Waals surface area (Å²) < 4.78 is 4.00. The number of nitrogens with one attached hydrogen (secondary N) is 1. The van der Waals surface area contributed by atoms with Crippen molar-refractivity contribution in [1.29, 1.82) is 0 Å². The van der Waals surface area contributed by atoms with Crippen LogP contribution in [0.15, 0.2) is 6.20 Å². The van der Waals surface area contributed by atoms with Gasteiger partial charge in [-0.25, -0.2) is 0 Å². The van der Waals surface area contributed by atoms with Crippen molar-refractivity contribution in [3.63, 3.8) is 0 Å². The summed E-state index contributed by atoms with van der Waals surface area (Å²) in [5.74, 6) is 0.903. The standard InChI is InChI=1S/C13H23N3S/c1-2-8-14-12(13-10-15-16-17-13)9-11-6-4-3-5-7-11/h10-12,14H,2-9H2,1H3. The van der Waals surface area contributed by atoms with Crippen molar-refractivity contribution in [2.75, 3.05) is 6.54 Å². The first-order valence-electron chi connectivity index (χ1n) is 6.90. The van der Waals surface area contributed by atoms with Gasteiger partial charge in [0.1, 0.15) is 0 Å². The minimum atomic E-state index is 0.484. The second-order valence-electron chi connectivity index (χ2n) is 5.07. The molecule has 1 heterocycles. The fraction of sp³-hybridized carbons (Fsp3) is 0.846. The summed E-state index contributed by atoms with van der Waals surface area (Å²) in [5.41, 5.74) is 0. The Hall–Kier alpha value is -0.480. The van der Waals surface area contributed by atoms with E-state index in [0.29, 0.717) is 6.04 Å². The zero-order chi connectivity index (χ0) is 11.9. The smallest absolute Gasteiger partial charge is 0.0669 e. The summed E-state index contributed by atoms with van der Waals surface area (Å²) in [6.45, 7) is 3.31. The monoisotopic (exact) mass is 253 g/mol. The molecule has 0 aliphatic heterocycles. The molecule has 0 aromatic carbocycles. The molecule has 1 aliphatic rings. The van der Waals surface area contributed by atoms with Crippen molar-refractivity contribution >= 4 is 11.5 Å². The molecule has 1 aliphatic carbocycles. The van der Waals surface area contributed by atoms with Crippen molar-refractivity contribution in [3.05, 3.63) is 11.1 Å². The summed E-state index contributed by atoms with van der Waals surface area (Å²) in [6, 6.07) is 0.484. The molecule has 1 aromatic rings. The van der Waals surface area contributed by atoms with Crippen molar-refractivity contribution in [2.24, 2.45) is 5.92 Å². The SMILES string of the molecule is CCCNC(CC1CCCCC1)c1cnns1. The van der Waals surface area contributed by atoms with E-state index in [4.69, 9.17) is 0 Å². The van der Waals surface area contributed by atoms with Crippen LogP contribution in [0.1, 0.15) is 62.8 Å². The Bertz CT molecular complexity index is 294. The van der Waals surface area contributed by atoms with Crippen LogP contribution in [0.3, 0.4) is 0 Å². The van der Waals surface area contributed by atoms with Crippen LogP contribution in [0.25, 0.3) is 0 Å². The van der Waals surface area contributed by atoms with Gasteiger partial charge in [0.25, 0.3) is 0 Å². The second-order valence-corrected chi connectivity index (χ2v) is 5.88. The lowest BCUT2D eigenvalue weighted by Crippen LogP contribution is -2.24. The Morgan fingerprint density at radius 3 is 2.88 bits per heavy atom. The number of nitrogens with zero attached hydrogens (tertiary/aromatic N) is 2. The summed E-state index contributed by atoms with van der Waals surface area (Å²) in [5, 5.41) is 7.62. The highest BCUT2D eigenvalue weighted by Crippen LogP contribution is 2.32. The lowest BCUT2D eigenvalue weighted by molar-refractivity contribution is 0.301. The van der Waals surface area contributed by atoms with Crippen molar-refractivity contribution in [3.8, 4) is 0 Å². The molecule has 0 spiro atoms. The summed E-state index contributed by atoms with van der Waals surface area (Å²) in [4.78, 5) is 1.31. The lowest BCUT2D eigenvalue weighted by atomic mass is 9.84. The fourth-order valence-electron chi connectivity index (χ4n) is 2.70. The van der Waals surface area contributed by atoms with Gasteiger partial charge < -0.3 is 5.32 Å². The van der Waals surface area contributed by atoms with E-state index < -0.39 is 0 Å². The molecule has 3 nitrogen and oxygen atoms in total. The van der Waals surface area contributed by atoms with Crippen LogP contribution in [-0.2, 0) is 0 Å². The van der Waals surface area contributed by atoms with E-state index in [1.54, 1.807) is 11.5 Å². The molecular formula is C13H23N3S. The highest BCUT2D eigenvalue weighted by molar-refractivity contribution is 7.05. The minimum absolute atomic E-state index is 0.484. The third-order valence-corrected chi connectivity index (χ3v) is 4.43. The van der Waals surface area contributed by atoms with Crippen LogP contribution < -0.4 is 5.32 Å². The van der Waals surface area contributed by atoms with E-state index in [2.05, 4.69) is 21.8 Å². The molecule has 1 unspecified atom stereocenters. The maximum absolute atomic E-state index is 4.00. The first-order valence-corrected chi connectivity index (χ1v) is 7.68. The molecule has 96 valence electrons. The van der Waals surface area contributed by atoms with E-state index in [-0.39, 0.29) is 0 Å². The van der Waals surface area contributed by atoms with Crippen molar-refractivity contribution < 1.29 is 0 Å². The largest absolute Gasteiger partial charge is 0.309 e. The molecule has 0 saturated heterocycles. The molecule has 17 heavy (non-hydrogen) atoms. The maximum atomic E-state index is 4.00. The quantitative estimate of drug-likeness (QED) is 0.842. The molecule has 1 atom stereocenters. The van der Waals surface area contributed by atoms with Gasteiger partial charge in [-0.2, -0.15) is 0 Å². The highest BCUT2D eigenvalue weighted by atomic mass is 32.1. The number of hydrogen-bond donors (Lipinski definition) is 1. The van der Waals surface area contributed by atoms with E-state index in [1.807, 2.05) is 6.20 Å². The molecule has 1 aromatic heterocycles. The Balaban J connectivity index is 1.90. The minimum Gasteiger partial charge on any atom is -0.309 e. The first-order chi connectivity index (χ1) is 8.40. The summed E-state index contributed by atoms with van der Waals surface area (Å²) >= 11 is 1.55. The van der Waals surface area contributed by atoms with Gasteiger partial charge in [-0.05, 0) is 36.8 Å². The van der Waals surface area contributed by atoms with Crippen molar-refractivity contribution in [1.82, 2.24) is 14.9 Å². The zero-order valence-corrected chi connectivity index (χ0v) is 11.5. The normalized spacial score (nSPS) is 19.4. The van der Waals surface area contributed by atoms with E-state index in [9.17, 15) is 0 Å². The van der Waals surface area contributed by atoms with Crippen LogP contribution in [0, 0.1) is 5.92 Å². The maximum Gasteiger partial charge on any atom is 0.0669 e. The Kier molecular flexibility index (Phi) is 5.39. The topological polar surface area (TPSA) is 37.8 Å². The Morgan fingerprint density at radius 1 is 1.41 bits per heavy atom. The zero-order valence-electron chi connectivity index (χ0n) is 10.7. The predicted molar refractivity (Wildman–Crippen MR) is 72.1 cm³/mol. The van der Waals surface area contributed by atoms with Gasteiger partial charge in [-0.15, -0.1) is 5.10 Å². The number of aromatic nitrogens is 2. The van der Waals surface area contributed by atoms with Gasteiger partial charge in [0.2, 0.25) is 0 Å². The molecule has 2 rings (SSSR count). The Morgan fingerprint density at radius 2 is 2.24 bits per heavy atom. The first kappa shape index (κ1) is 13.0. The third kappa shape index (κ3) is 4.03. The van der Waals surface area contributed by atoms with Crippen LogP contribution in [0.2, 0.25) is 0 Å². The van der Waals surface area contributed by atoms with Crippen LogP contribution in [-0.4, -0.2) is 16.1 Å². The second kappa shape index (κ2) is 7.07. The molecule has 0 bridgehead atoms. The van der Waals surface area contributed by atoms with Gasteiger partial charge >= 0.3 is 0 Å². The van der Waals surface area contributed by atoms with Gasteiger partial charge in [0.05, 0.1) is 11.1 Å². The number of rotatable bonds is 6. The summed E-state index contributed by atoms with van der Waals surface area (Å²) in [7, 11) is 0. The van der Waals surface area contributed by atoms with E-state index >= 15 is 0 Å². The average Bonchev–Trinajstić information content (AvgIpc) is 2.89. The fourth-order valence-corrected chi connectivity index (χ4v) is 3.29. The van der Waals surface area contributed by atoms with Gasteiger partial charge in [-0.3, -0.25) is 0 Å². The van der Waals surface area contributed by atoms with Gasteiger partial charge in [0.15, 0.2) is 0 Å².